The van der Waals surface area contributed by atoms with Gasteiger partial charge in [0.05, 0.1) is 19.6 Å². The number of hydrogen-bond donors (Lipinski definition) is 0. The fourth-order valence-corrected chi connectivity index (χ4v) is 1.98. The summed E-state index contributed by atoms with van der Waals surface area (Å²) in [7, 11) is 4.25. The van der Waals surface area contributed by atoms with E-state index in [-0.39, 0.29) is 24.7 Å². The highest BCUT2D eigenvalue weighted by atomic mass is 16.5. The van der Waals surface area contributed by atoms with Gasteiger partial charge in [-0.15, -0.1) is 0 Å². The van der Waals surface area contributed by atoms with Gasteiger partial charge in [0.1, 0.15) is 5.82 Å². The number of carbonyl (C=O) groups is 2. The fourth-order valence-electron chi connectivity index (χ4n) is 1.98. The van der Waals surface area contributed by atoms with Crippen molar-refractivity contribution in [3.05, 3.63) is 26.9 Å². The summed E-state index contributed by atoms with van der Waals surface area (Å²) < 4.78 is 11.8. The average Bonchev–Trinajstić information content (AvgIpc) is 2.55. The number of carbonyl (C=O) groups excluding carboxylic acids is 2. The van der Waals surface area contributed by atoms with Crippen LogP contribution in [0.15, 0.2) is 20.8 Å². The molecule has 0 unspecified atom stereocenters. The lowest BCUT2D eigenvalue weighted by Crippen LogP contribution is -2.39. The molecule has 0 fully saturated rings. The quantitative estimate of drug-likeness (QED) is 0.365. The topological polar surface area (TPSA) is 112 Å². The molecule has 0 saturated heterocycles. The predicted molar refractivity (Wildman–Crippen MR) is 90.6 cm³/mol. The Morgan fingerprint density at radius 2 is 1.72 bits per heavy atom. The number of nitrogens with zero attached hydrogens (tertiary/aromatic N) is 4. The molecule has 0 bridgehead atoms. The Bertz CT molecular complexity index is 792. The van der Waals surface area contributed by atoms with Crippen molar-refractivity contribution in [2.75, 3.05) is 25.3 Å². The maximum Gasteiger partial charge on any atom is 0.355 e. The third kappa shape index (κ3) is 5.03. The molecule has 0 spiro atoms. The molecule has 0 amide bonds. The molecule has 0 atom stereocenters. The van der Waals surface area contributed by atoms with Gasteiger partial charge in [0.25, 0.3) is 5.56 Å². The monoisotopic (exact) mass is 354 g/mol. The molecule has 1 aromatic heterocycles. The molecule has 1 rings (SSSR count). The standard InChI is InChI=1S/C15H22N4O6/c1-6-24-13(21)8-10(14(22)25-7-2)16-19(5)11-9-12(20)18(4)15(23)17(11)3/h9H,6-8H2,1-5H3/b16-10-. The van der Waals surface area contributed by atoms with E-state index in [1.54, 1.807) is 13.8 Å². The van der Waals surface area contributed by atoms with Gasteiger partial charge < -0.3 is 9.47 Å². The zero-order valence-electron chi connectivity index (χ0n) is 14.9. The second-order valence-electron chi connectivity index (χ2n) is 5.01. The molecule has 25 heavy (non-hydrogen) atoms. The van der Waals surface area contributed by atoms with E-state index in [2.05, 4.69) is 5.10 Å². The minimum atomic E-state index is -0.781. The summed E-state index contributed by atoms with van der Waals surface area (Å²) in [4.78, 5) is 47.5. The van der Waals surface area contributed by atoms with Crippen LogP contribution >= 0.6 is 0 Å². The first-order chi connectivity index (χ1) is 11.7. The third-order valence-electron chi connectivity index (χ3n) is 3.23. The first-order valence-corrected chi connectivity index (χ1v) is 7.63. The van der Waals surface area contributed by atoms with Gasteiger partial charge in [0.15, 0.2) is 5.71 Å². The molecule has 0 aliphatic carbocycles. The van der Waals surface area contributed by atoms with Gasteiger partial charge in [-0.2, -0.15) is 5.10 Å². The van der Waals surface area contributed by atoms with Gasteiger partial charge in [-0.05, 0) is 13.8 Å². The molecule has 1 aromatic rings. The van der Waals surface area contributed by atoms with E-state index in [4.69, 9.17) is 9.47 Å². The van der Waals surface area contributed by atoms with E-state index in [9.17, 15) is 19.2 Å². The van der Waals surface area contributed by atoms with E-state index < -0.39 is 29.6 Å². The Labute approximate surface area is 144 Å². The predicted octanol–water partition coefficient (Wildman–Crippen LogP) is -0.607. The highest BCUT2D eigenvalue weighted by molar-refractivity contribution is 6.39. The van der Waals surface area contributed by atoms with E-state index in [1.165, 1.54) is 31.8 Å². The van der Waals surface area contributed by atoms with Crippen LogP contribution in [0.4, 0.5) is 5.82 Å². The first-order valence-electron chi connectivity index (χ1n) is 7.63. The Morgan fingerprint density at radius 1 is 1.12 bits per heavy atom. The van der Waals surface area contributed by atoms with Crippen molar-refractivity contribution < 1.29 is 19.1 Å². The van der Waals surface area contributed by atoms with Crippen molar-refractivity contribution in [2.24, 2.45) is 19.2 Å². The third-order valence-corrected chi connectivity index (χ3v) is 3.23. The zero-order valence-corrected chi connectivity index (χ0v) is 14.9. The van der Waals surface area contributed by atoms with Crippen LogP contribution in [0.25, 0.3) is 0 Å². The maximum atomic E-state index is 12.0. The van der Waals surface area contributed by atoms with Crippen LogP contribution in [0.2, 0.25) is 0 Å². The summed E-state index contributed by atoms with van der Waals surface area (Å²) in [6.07, 6.45) is -0.393. The van der Waals surface area contributed by atoms with Crippen LogP contribution < -0.4 is 16.3 Å². The highest BCUT2D eigenvalue weighted by Crippen LogP contribution is 2.08. The number of ether oxygens (including phenoxy) is 2. The summed E-state index contributed by atoms with van der Waals surface area (Å²) in [5, 5.41) is 5.19. The minimum Gasteiger partial charge on any atom is -0.466 e. The average molecular weight is 354 g/mol. The molecular weight excluding hydrogens is 332 g/mol. The fraction of sp³-hybridized carbons (Fsp3) is 0.533. The van der Waals surface area contributed by atoms with Crippen LogP contribution in [-0.2, 0) is 33.2 Å². The molecule has 0 saturated carbocycles. The van der Waals surface area contributed by atoms with Gasteiger partial charge in [-0.25, -0.2) is 9.59 Å². The summed E-state index contributed by atoms with van der Waals surface area (Å²) in [6, 6.07) is 1.19. The van der Waals surface area contributed by atoms with Crippen LogP contribution in [-0.4, -0.2) is 47.0 Å². The Hall–Kier alpha value is -2.91. The molecule has 0 aromatic carbocycles. The molecule has 0 aliphatic heterocycles. The number of anilines is 1. The molecule has 0 radical (unpaired) electrons. The lowest BCUT2D eigenvalue weighted by molar-refractivity contribution is -0.143. The molecule has 1 heterocycles. The normalized spacial score (nSPS) is 11.2. The number of aromatic nitrogens is 2. The van der Waals surface area contributed by atoms with Gasteiger partial charge >= 0.3 is 17.6 Å². The molecular formula is C15H22N4O6. The Kier molecular flexibility index (Phi) is 7.09. The molecule has 138 valence electrons. The van der Waals surface area contributed by atoms with Crippen molar-refractivity contribution >= 4 is 23.5 Å². The number of hydrazone groups is 1. The number of hydrogen-bond acceptors (Lipinski definition) is 8. The van der Waals surface area contributed by atoms with Gasteiger partial charge in [0, 0.05) is 27.2 Å². The van der Waals surface area contributed by atoms with Crippen molar-refractivity contribution in [1.82, 2.24) is 9.13 Å². The van der Waals surface area contributed by atoms with Gasteiger partial charge in [0.2, 0.25) is 0 Å². The van der Waals surface area contributed by atoms with E-state index in [0.717, 1.165) is 9.58 Å². The highest BCUT2D eigenvalue weighted by Gasteiger charge is 2.20. The molecule has 10 heteroatoms. The largest absolute Gasteiger partial charge is 0.466 e. The van der Waals surface area contributed by atoms with Crippen LogP contribution in [0, 0.1) is 0 Å². The SMILES string of the molecule is CCOC(=O)C/C(=N/N(C)c1cc(=O)n(C)c(=O)n1C)C(=O)OCC. The summed E-state index contributed by atoms with van der Waals surface area (Å²) in [5.41, 5.74) is -1.27. The Morgan fingerprint density at radius 3 is 2.28 bits per heavy atom. The maximum absolute atomic E-state index is 12.0. The minimum absolute atomic E-state index is 0.106. The zero-order chi connectivity index (χ0) is 19.1. The smallest absolute Gasteiger partial charge is 0.355 e. The van der Waals surface area contributed by atoms with Crippen molar-refractivity contribution in [2.45, 2.75) is 20.3 Å². The molecule has 0 aliphatic rings. The lowest BCUT2D eigenvalue weighted by Gasteiger charge is -2.18. The van der Waals surface area contributed by atoms with Gasteiger partial charge in [-0.3, -0.25) is 23.7 Å². The van der Waals surface area contributed by atoms with Crippen LogP contribution in [0.5, 0.6) is 0 Å². The number of rotatable bonds is 7. The van der Waals surface area contributed by atoms with E-state index >= 15 is 0 Å². The van der Waals surface area contributed by atoms with Crippen molar-refractivity contribution in [3.63, 3.8) is 0 Å². The first kappa shape index (κ1) is 20.1. The second-order valence-corrected chi connectivity index (χ2v) is 5.01. The summed E-state index contributed by atoms with van der Waals surface area (Å²) in [6.45, 7) is 3.53. The van der Waals surface area contributed by atoms with E-state index in [0.29, 0.717) is 0 Å². The molecule has 0 N–H and O–H groups in total. The Balaban J connectivity index is 3.28. The van der Waals surface area contributed by atoms with Crippen LogP contribution in [0.1, 0.15) is 20.3 Å². The summed E-state index contributed by atoms with van der Waals surface area (Å²) >= 11 is 0. The summed E-state index contributed by atoms with van der Waals surface area (Å²) in [5.74, 6) is -1.27. The van der Waals surface area contributed by atoms with Gasteiger partial charge in [-0.1, -0.05) is 0 Å². The van der Waals surface area contributed by atoms with Crippen LogP contribution in [0.3, 0.4) is 0 Å². The van der Waals surface area contributed by atoms with Crippen molar-refractivity contribution in [3.8, 4) is 0 Å². The molecule has 10 nitrogen and oxygen atoms in total. The van der Waals surface area contributed by atoms with Crippen molar-refractivity contribution in [1.29, 1.82) is 0 Å². The second kappa shape index (κ2) is 8.81. The van der Waals surface area contributed by atoms with E-state index in [1.807, 2.05) is 0 Å². The number of esters is 2. The lowest BCUT2D eigenvalue weighted by atomic mass is 10.3.